The zero-order valence-electron chi connectivity index (χ0n) is 10.2. The van der Waals surface area contributed by atoms with Crippen molar-refractivity contribution in [2.75, 3.05) is 13.2 Å². The highest BCUT2D eigenvalue weighted by Gasteiger charge is 2.15. The molecule has 0 fully saturated rings. The molecule has 0 spiro atoms. The summed E-state index contributed by atoms with van der Waals surface area (Å²) in [5, 5.41) is 8.46. The summed E-state index contributed by atoms with van der Waals surface area (Å²) >= 11 is 3.22. The first-order valence-electron chi connectivity index (χ1n) is 5.50. The Morgan fingerprint density at radius 3 is 2.68 bits per heavy atom. The Labute approximate surface area is 120 Å². The van der Waals surface area contributed by atoms with Gasteiger partial charge in [-0.25, -0.2) is 13.1 Å². The number of hydrogen-bond donors (Lipinski definition) is 2. The van der Waals surface area contributed by atoms with Crippen LogP contribution in [0.4, 0.5) is 0 Å². The number of carboxylic acids is 1. The van der Waals surface area contributed by atoms with Gasteiger partial charge in [0.2, 0.25) is 10.0 Å². The van der Waals surface area contributed by atoms with Crippen LogP contribution in [0.1, 0.15) is 13.3 Å². The van der Waals surface area contributed by atoms with Gasteiger partial charge in [-0.05, 0) is 41.1 Å². The predicted molar refractivity (Wildman–Crippen MR) is 72.8 cm³/mol. The molecule has 0 aliphatic carbocycles. The summed E-state index contributed by atoms with van der Waals surface area (Å²) in [5.41, 5.74) is 0. The first-order valence-corrected chi connectivity index (χ1v) is 7.78. The Morgan fingerprint density at radius 2 is 2.16 bits per heavy atom. The second-order valence-corrected chi connectivity index (χ2v) is 6.19. The van der Waals surface area contributed by atoms with E-state index in [0.717, 1.165) is 0 Å². The minimum Gasteiger partial charge on any atom is -0.493 e. The van der Waals surface area contributed by atoms with E-state index in [2.05, 4.69) is 20.7 Å². The van der Waals surface area contributed by atoms with E-state index in [1.54, 1.807) is 6.07 Å². The summed E-state index contributed by atoms with van der Waals surface area (Å²) in [6.07, 6.45) is -0.266. The lowest BCUT2D eigenvalue weighted by Gasteiger charge is -2.09. The molecule has 0 aliphatic heterocycles. The molecule has 19 heavy (non-hydrogen) atoms. The number of aliphatic carboxylic acids is 1. The summed E-state index contributed by atoms with van der Waals surface area (Å²) in [6, 6.07) is 4.35. The van der Waals surface area contributed by atoms with Gasteiger partial charge >= 0.3 is 5.97 Å². The van der Waals surface area contributed by atoms with Crippen molar-refractivity contribution in [1.82, 2.24) is 4.72 Å². The van der Waals surface area contributed by atoms with Crippen LogP contribution in [0.3, 0.4) is 0 Å². The normalized spacial score (nSPS) is 11.3. The van der Waals surface area contributed by atoms with Crippen LogP contribution in [-0.2, 0) is 14.8 Å². The first kappa shape index (κ1) is 15.9. The Kier molecular flexibility index (Phi) is 5.77. The van der Waals surface area contributed by atoms with Gasteiger partial charge in [-0.15, -0.1) is 0 Å². The fourth-order valence-corrected chi connectivity index (χ4v) is 3.00. The molecule has 0 amide bonds. The van der Waals surface area contributed by atoms with Gasteiger partial charge < -0.3 is 9.84 Å². The fourth-order valence-electron chi connectivity index (χ4n) is 1.30. The molecule has 0 saturated carbocycles. The molecule has 1 rings (SSSR count). The Balaban J connectivity index is 2.84. The lowest BCUT2D eigenvalue weighted by Crippen LogP contribution is -2.26. The number of benzene rings is 1. The molecular weight excluding hydrogens is 338 g/mol. The summed E-state index contributed by atoms with van der Waals surface area (Å²) < 4.78 is 31.8. The van der Waals surface area contributed by atoms with Gasteiger partial charge in [-0.3, -0.25) is 4.79 Å². The summed E-state index contributed by atoms with van der Waals surface area (Å²) in [4.78, 5) is 10.4. The highest BCUT2D eigenvalue weighted by atomic mass is 79.9. The lowest BCUT2D eigenvalue weighted by atomic mass is 10.3. The third kappa shape index (κ3) is 4.81. The molecule has 2 N–H and O–H groups in total. The molecule has 106 valence electrons. The molecule has 0 saturated heterocycles. The second kappa shape index (κ2) is 6.88. The van der Waals surface area contributed by atoms with E-state index in [4.69, 9.17) is 9.84 Å². The average Bonchev–Trinajstić information content (AvgIpc) is 2.31. The number of carbonyl (C=O) groups is 1. The minimum absolute atomic E-state index is 0.0493. The van der Waals surface area contributed by atoms with Crippen LogP contribution in [0.15, 0.2) is 27.6 Å². The topological polar surface area (TPSA) is 92.7 Å². The Morgan fingerprint density at radius 1 is 1.47 bits per heavy atom. The minimum atomic E-state index is -3.71. The maximum Gasteiger partial charge on any atom is 0.304 e. The second-order valence-electron chi connectivity index (χ2n) is 3.57. The van der Waals surface area contributed by atoms with Crippen molar-refractivity contribution in [2.45, 2.75) is 18.2 Å². The molecule has 6 nitrogen and oxygen atoms in total. The monoisotopic (exact) mass is 351 g/mol. The zero-order valence-corrected chi connectivity index (χ0v) is 12.6. The molecule has 0 aromatic heterocycles. The van der Waals surface area contributed by atoms with Crippen LogP contribution < -0.4 is 9.46 Å². The molecule has 1 aromatic carbocycles. The SMILES string of the molecule is CCOc1ccc(S(=O)(=O)NCCC(=O)O)cc1Br. The van der Waals surface area contributed by atoms with Gasteiger partial charge in [0, 0.05) is 6.54 Å². The molecule has 0 bridgehead atoms. The third-order valence-corrected chi connectivity index (χ3v) is 4.22. The van der Waals surface area contributed by atoms with Crippen LogP contribution in [0.25, 0.3) is 0 Å². The molecule has 0 unspecified atom stereocenters. The van der Waals surface area contributed by atoms with E-state index in [1.807, 2.05) is 6.92 Å². The Bertz CT molecular complexity index is 558. The fraction of sp³-hybridized carbons (Fsp3) is 0.364. The van der Waals surface area contributed by atoms with Crippen LogP contribution >= 0.6 is 15.9 Å². The summed E-state index contributed by atoms with van der Waals surface area (Å²) in [7, 11) is -3.71. The highest BCUT2D eigenvalue weighted by molar-refractivity contribution is 9.10. The predicted octanol–water partition coefficient (Wildman–Crippen LogP) is 1.60. The molecule has 0 aliphatic rings. The van der Waals surface area contributed by atoms with Crippen LogP contribution in [0, 0.1) is 0 Å². The highest BCUT2D eigenvalue weighted by Crippen LogP contribution is 2.27. The van der Waals surface area contributed by atoms with Gasteiger partial charge in [0.15, 0.2) is 0 Å². The zero-order chi connectivity index (χ0) is 14.5. The molecule has 0 radical (unpaired) electrons. The van der Waals surface area contributed by atoms with Crippen molar-refractivity contribution in [3.05, 3.63) is 22.7 Å². The van der Waals surface area contributed by atoms with Gasteiger partial charge in [0.25, 0.3) is 0 Å². The third-order valence-electron chi connectivity index (χ3n) is 2.14. The van der Waals surface area contributed by atoms with E-state index in [9.17, 15) is 13.2 Å². The summed E-state index contributed by atoms with van der Waals surface area (Å²) in [5.74, 6) is -0.512. The molecule has 0 atom stereocenters. The van der Waals surface area contributed by atoms with Gasteiger partial charge in [0.1, 0.15) is 5.75 Å². The quantitative estimate of drug-likeness (QED) is 0.778. The number of carboxylic acid groups (broad SMARTS) is 1. The largest absolute Gasteiger partial charge is 0.493 e. The maximum absolute atomic E-state index is 11.9. The lowest BCUT2D eigenvalue weighted by molar-refractivity contribution is -0.136. The van der Waals surface area contributed by atoms with Crippen LogP contribution in [0.2, 0.25) is 0 Å². The number of nitrogens with one attached hydrogen (secondary N) is 1. The van der Waals surface area contributed by atoms with Crippen molar-refractivity contribution >= 4 is 31.9 Å². The van der Waals surface area contributed by atoms with Crippen LogP contribution in [0.5, 0.6) is 5.75 Å². The molecular formula is C11H14BrNO5S. The maximum atomic E-state index is 11.9. The average molecular weight is 352 g/mol. The van der Waals surface area contributed by atoms with E-state index in [-0.39, 0.29) is 17.9 Å². The van der Waals surface area contributed by atoms with E-state index >= 15 is 0 Å². The van der Waals surface area contributed by atoms with Crippen LogP contribution in [-0.4, -0.2) is 32.6 Å². The number of ether oxygens (including phenoxy) is 1. The number of rotatable bonds is 7. The van der Waals surface area contributed by atoms with Crippen molar-refractivity contribution in [3.63, 3.8) is 0 Å². The van der Waals surface area contributed by atoms with Gasteiger partial charge in [-0.1, -0.05) is 0 Å². The first-order chi connectivity index (χ1) is 8.86. The van der Waals surface area contributed by atoms with Crippen molar-refractivity contribution < 1.29 is 23.1 Å². The molecule has 1 aromatic rings. The summed E-state index contributed by atoms with van der Waals surface area (Å²) in [6.45, 7) is 2.15. The number of sulfonamides is 1. The smallest absolute Gasteiger partial charge is 0.304 e. The number of halogens is 1. The van der Waals surface area contributed by atoms with Crippen molar-refractivity contribution in [1.29, 1.82) is 0 Å². The standard InChI is InChI=1S/C11H14BrNO5S/c1-2-18-10-4-3-8(7-9(10)12)19(16,17)13-6-5-11(14)15/h3-4,7,13H,2,5-6H2,1H3,(H,14,15). The van der Waals surface area contributed by atoms with Crippen molar-refractivity contribution in [3.8, 4) is 5.75 Å². The van der Waals surface area contributed by atoms with E-state index < -0.39 is 16.0 Å². The Hall–Kier alpha value is -1.12. The van der Waals surface area contributed by atoms with Crippen molar-refractivity contribution in [2.24, 2.45) is 0 Å². The van der Waals surface area contributed by atoms with Gasteiger partial charge in [0.05, 0.1) is 22.4 Å². The van der Waals surface area contributed by atoms with E-state index in [1.165, 1.54) is 12.1 Å². The molecule has 8 heteroatoms. The van der Waals surface area contributed by atoms with Gasteiger partial charge in [-0.2, -0.15) is 0 Å². The molecule has 0 heterocycles. The van der Waals surface area contributed by atoms with E-state index in [0.29, 0.717) is 16.8 Å². The number of hydrogen-bond acceptors (Lipinski definition) is 4.